The van der Waals surface area contributed by atoms with E-state index in [9.17, 15) is 0 Å². The Morgan fingerprint density at radius 3 is 2.95 bits per heavy atom. The Balaban J connectivity index is 1.64. The molecule has 0 amide bonds. The molecule has 0 aliphatic heterocycles. The molecular weight excluding hydrogens is 296 g/mol. The maximum absolute atomic E-state index is 5.64. The van der Waals surface area contributed by atoms with E-state index in [0.717, 1.165) is 56.0 Å². The van der Waals surface area contributed by atoms with Gasteiger partial charge in [0.2, 0.25) is 0 Å². The highest BCUT2D eigenvalue weighted by atomic mass is 32.1. The van der Waals surface area contributed by atoms with Crippen molar-refractivity contribution in [1.29, 1.82) is 0 Å². The molecule has 0 radical (unpaired) electrons. The first-order valence-electron chi connectivity index (χ1n) is 8.35. The standard InChI is InChI=1S/C16H28N4OS/c1-3-14-10-19-15(22-14)11-20-16(17-4-2)18-8-5-9-21-12-13-6-7-13/h10,13H,3-9,11-12H2,1-2H3,(H2,17,18,20). The van der Waals surface area contributed by atoms with Crippen molar-refractivity contribution in [1.82, 2.24) is 15.6 Å². The maximum Gasteiger partial charge on any atom is 0.191 e. The Bertz CT molecular complexity index is 457. The highest BCUT2D eigenvalue weighted by Crippen LogP contribution is 2.28. The molecule has 1 aliphatic carbocycles. The van der Waals surface area contributed by atoms with Crippen LogP contribution in [-0.2, 0) is 17.7 Å². The first-order valence-corrected chi connectivity index (χ1v) is 9.17. The average Bonchev–Trinajstić information content (AvgIpc) is 3.24. The molecule has 0 unspecified atom stereocenters. The van der Waals surface area contributed by atoms with Gasteiger partial charge in [-0.05, 0) is 38.5 Å². The molecular formula is C16H28N4OS. The topological polar surface area (TPSA) is 58.5 Å². The van der Waals surface area contributed by atoms with Crippen molar-refractivity contribution in [2.75, 3.05) is 26.3 Å². The van der Waals surface area contributed by atoms with Crippen LogP contribution in [-0.4, -0.2) is 37.2 Å². The molecule has 2 rings (SSSR count). The van der Waals surface area contributed by atoms with Crippen molar-refractivity contribution >= 4 is 17.3 Å². The fourth-order valence-electron chi connectivity index (χ4n) is 1.99. The number of aromatic nitrogens is 1. The number of guanidine groups is 1. The van der Waals surface area contributed by atoms with Gasteiger partial charge in [-0.2, -0.15) is 0 Å². The van der Waals surface area contributed by atoms with Gasteiger partial charge in [0, 0.05) is 37.4 Å². The lowest BCUT2D eigenvalue weighted by Gasteiger charge is -2.11. The van der Waals surface area contributed by atoms with Crippen molar-refractivity contribution in [2.45, 2.75) is 46.1 Å². The lowest BCUT2D eigenvalue weighted by atomic mass is 10.4. The summed E-state index contributed by atoms with van der Waals surface area (Å²) in [5.41, 5.74) is 0. The first kappa shape index (κ1) is 17.2. The second-order valence-corrected chi connectivity index (χ2v) is 6.77. The zero-order chi connectivity index (χ0) is 15.6. The van der Waals surface area contributed by atoms with Crippen LogP contribution in [0.3, 0.4) is 0 Å². The first-order chi connectivity index (χ1) is 10.8. The second kappa shape index (κ2) is 9.79. The van der Waals surface area contributed by atoms with Crippen molar-refractivity contribution in [2.24, 2.45) is 10.9 Å². The lowest BCUT2D eigenvalue weighted by Crippen LogP contribution is -2.38. The van der Waals surface area contributed by atoms with Crippen molar-refractivity contribution in [3.8, 4) is 0 Å². The molecule has 1 aromatic rings. The van der Waals surface area contributed by atoms with E-state index < -0.39 is 0 Å². The number of nitrogens with zero attached hydrogens (tertiary/aromatic N) is 2. The van der Waals surface area contributed by atoms with Crippen LogP contribution in [0.1, 0.15) is 43.0 Å². The van der Waals surface area contributed by atoms with E-state index in [2.05, 4.69) is 34.5 Å². The number of hydrogen-bond donors (Lipinski definition) is 2. The summed E-state index contributed by atoms with van der Waals surface area (Å²) in [6.45, 7) is 8.38. The van der Waals surface area contributed by atoms with Crippen molar-refractivity contribution in [3.63, 3.8) is 0 Å². The minimum Gasteiger partial charge on any atom is -0.381 e. The van der Waals surface area contributed by atoms with Crippen LogP contribution in [0.5, 0.6) is 0 Å². The predicted molar refractivity (Wildman–Crippen MR) is 92.5 cm³/mol. The average molecular weight is 324 g/mol. The quantitative estimate of drug-likeness (QED) is 0.394. The van der Waals surface area contributed by atoms with Gasteiger partial charge in [0.05, 0.1) is 6.54 Å². The number of rotatable bonds is 10. The largest absolute Gasteiger partial charge is 0.381 e. The van der Waals surface area contributed by atoms with Crippen LogP contribution in [0.25, 0.3) is 0 Å². The lowest BCUT2D eigenvalue weighted by molar-refractivity contribution is 0.123. The van der Waals surface area contributed by atoms with Gasteiger partial charge < -0.3 is 15.4 Å². The second-order valence-electron chi connectivity index (χ2n) is 5.57. The molecule has 1 saturated carbocycles. The van der Waals surface area contributed by atoms with Crippen LogP contribution in [0, 0.1) is 5.92 Å². The summed E-state index contributed by atoms with van der Waals surface area (Å²) in [7, 11) is 0. The Kier molecular flexibility index (Phi) is 7.66. The number of aryl methyl sites for hydroxylation is 1. The van der Waals surface area contributed by atoms with Gasteiger partial charge in [-0.15, -0.1) is 11.3 Å². The summed E-state index contributed by atoms with van der Waals surface area (Å²) >= 11 is 1.74. The molecule has 22 heavy (non-hydrogen) atoms. The van der Waals surface area contributed by atoms with E-state index in [1.54, 1.807) is 11.3 Å². The summed E-state index contributed by atoms with van der Waals surface area (Å²) in [4.78, 5) is 10.3. The van der Waals surface area contributed by atoms with E-state index in [0.29, 0.717) is 6.54 Å². The number of aliphatic imine (C=N–C) groups is 1. The van der Waals surface area contributed by atoms with Crippen molar-refractivity contribution < 1.29 is 4.74 Å². The van der Waals surface area contributed by atoms with Gasteiger partial charge in [-0.25, -0.2) is 9.98 Å². The molecule has 2 N–H and O–H groups in total. The maximum atomic E-state index is 5.64. The van der Waals surface area contributed by atoms with E-state index in [1.807, 2.05) is 6.20 Å². The molecule has 6 heteroatoms. The SMILES string of the molecule is CCNC(=NCc1ncc(CC)s1)NCCCOCC1CC1. The van der Waals surface area contributed by atoms with Crippen LogP contribution in [0.2, 0.25) is 0 Å². The third-order valence-electron chi connectivity index (χ3n) is 3.47. The Morgan fingerprint density at radius 2 is 2.27 bits per heavy atom. The van der Waals surface area contributed by atoms with E-state index in [-0.39, 0.29) is 0 Å². The summed E-state index contributed by atoms with van der Waals surface area (Å²) < 4.78 is 5.64. The van der Waals surface area contributed by atoms with Crippen molar-refractivity contribution in [3.05, 3.63) is 16.1 Å². The van der Waals surface area contributed by atoms with Crippen LogP contribution in [0.4, 0.5) is 0 Å². The highest BCUT2D eigenvalue weighted by molar-refractivity contribution is 7.11. The summed E-state index contributed by atoms with van der Waals surface area (Å²) in [6, 6.07) is 0. The minimum absolute atomic E-state index is 0.637. The van der Waals surface area contributed by atoms with Crippen LogP contribution < -0.4 is 10.6 Å². The normalized spacial score (nSPS) is 15.1. The number of ether oxygens (including phenoxy) is 1. The third-order valence-corrected chi connectivity index (χ3v) is 4.60. The Morgan fingerprint density at radius 1 is 1.41 bits per heavy atom. The zero-order valence-electron chi connectivity index (χ0n) is 13.7. The summed E-state index contributed by atoms with van der Waals surface area (Å²) in [5, 5.41) is 7.69. The molecule has 0 aromatic carbocycles. The molecule has 0 saturated heterocycles. The molecule has 0 spiro atoms. The molecule has 5 nitrogen and oxygen atoms in total. The van der Waals surface area contributed by atoms with Crippen LogP contribution in [0.15, 0.2) is 11.2 Å². The van der Waals surface area contributed by atoms with E-state index >= 15 is 0 Å². The molecule has 1 aliphatic rings. The molecule has 1 heterocycles. The van der Waals surface area contributed by atoms with E-state index in [4.69, 9.17) is 4.74 Å². The zero-order valence-corrected chi connectivity index (χ0v) is 14.5. The monoisotopic (exact) mass is 324 g/mol. The Labute approximate surface area is 137 Å². The third kappa shape index (κ3) is 6.75. The fraction of sp³-hybridized carbons (Fsp3) is 0.750. The summed E-state index contributed by atoms with van der Waals surface area (Å²) in [5.74, 6) is 1.70. The molecule has 1 fully saturated rings. The van der Waals surface area contributed by atoms with Crippen LogP contribution >= 0.6 is 11.3 Å². The fourth-order valence-corrected chi connectivity index (χ4v) is 2.78. The van der Waals surface area contributed by atoms with Gasteiger partial charge in [0.15, 0.2) is 5.96 Å². The molecule has 124 valence electrons. The van der Waals surface area contributed by atoms with Gasteiger partial charge in [0.1, 0.15) is 5.01 Å². The highest BCUT2D eigenvalue weighted by Gasteiger charge is 2.20. The minimum atomic E-state index is 0.637. The van der Waals surface area contributed by atoms with Gasteiger partial charge in [-0.1, -0.05) is 6.92 Å². The number of thiazole rings is 1. The number of nitrogens with one attached hydrogen (secondary N) is 2. The predicted octanol–water partition coefficient (Wildman–Crippen LogP) is 2.58. The van der Waals surface area contributed by atoms with E-state index in [1.165, 1.54) is 17.7 Å². The van der Waals surface area contributed by atoms with Gasteiger partial charge >= 0.3 is 0 Å². The smallest absolute Gasteiger partial charge is 0.191 e. The molecule has 1 aromatic heterocycles. The van der Waals surface area contributed by atoms with Gasteiger partial charge in [-0.3, -0.25) is 0 Å². The molecule has 0 atom stereocenters. The Hall–Kier alpha value is -1.14. The number of hydrogen-bond acceptors (Lipinski definition) is 4. The van der Waals surface area contributed by atoms with Gasteiger partial charge in [0.25, 0.3) is 0 Å². The molecule has 0 bridgehead atoms. The summed E-state index contributed by atoms with van der Waals surface area (Å²) in [6.07, 6.45) is 6.71.